The van der Waals surface area contributed by atoms with Gasteiger partial charge in [-0.25, -0.2) is 0 Å². The van der Waals surface area contributed by atoms with E-state index in [-0.39, 0.29) is 5.41 Å². The number of ketones is 1. The van der Waals surface area contributed by atoms with E-state index in [1.54, 1.807) is 5.57 Å². The van der Waals surface area contributed by atoms with Gasteiger partial charge >= 0.3 is 0 Å². The molecular weight excluding hydrogens is 244 g/mol. The highest BCUT2D eigenvalue weighted by molar-refractivity contribution is 6.04. The number of fused-ring (bicyclic) bond motifs is 4. The highest BCUT2D eigenvalue weighted by Gasteiger charge is 2.53. The van der Waals surface area contributed by atoms with E-state index >= 15 is 0 Å². The first kappa shape index (κ1) is 12.4. The number of Topliss-reactive ketones (excluding diaryl/α,β-unsaturated/α-hetero) is 1. The third kappa shape index (κ3) is 1.52. The molecule has 3 aliphatic rings. The van der Waals surface area contributed by atoms with E-state index in [0.717, 1.165) is 44.1 Å². The number of allylic oxidation sites excluding steroid dienone is 2. The molecule has 0 aliphatic heterocycles. The minimum Gasteiger partial charge on any atom is -0.294 e. The van der Waals surface area contributed by atoms with Crippen molar-refractivity contribution in [2.24, 2.45) is 11.3 Å². The van der Waals surface area contributed by atoms with E-state index in [4.69, 9.17) is 0 Å². The number of hydrogen-bond acceptors (Lipinski definition) is 1. The van der Waals surface area contributed by atoms with Crippen molar-refractivity contribution in [2.45, 2.75) is 51.9 Å². The fourth-order valence-corrected chi connectivity index (χ4v) is 4.84. The Morgan fingerprint density at radius 2 is 2.25 bits per heavy atom. The van der Waals surface area contributed by atoms with Gasteiger partial charge in [0.15, 0.2) is 5.78 Å². The smallest absolute Gasteiger partial charge is 0.169 e. The maximum atomic E-state index is 13.2. The van der Waals surface area contributed by atoms with E-state index in [1.807, 2.05) is 0 Å². The Hall–Kier alpha value is -1.37. The van der Waals surface area contributed by atoms with Crippen molar-refractivity contribution >= 4 is 5.78 Å². The molecule has 1 fully saturated rings. The Bertz CT molecular complexity index is 610. The second-order valence-corrected chi connectivity index (χ2v) is 6.85. The summed E-state index contributed by atoms with van der Waals surface area (Å²) in [6.45, 7) is 2.22. The van der Waals surface area contributed by atoms with Gasteiger partial charge < -0.3 is 0 Å². The predicted molar refractivity (Wildman–Crippen MR) is 80.9 cm³/mol. The molecule has 1 spiro atoms. The van der Waals surface area contributed by atoms with Crippen molar-refractivity contribution in [3.63, 3.8) is 0 Å². The molecule has 2 atom stereocenters. The van der Waals surface area contributed by atoms with Crippen LogP contribution in [0.4, 0.5) is 0 Å². The number of carbonyl (C=O) groups is 1. The third-order valence-electron chi connectivity index (χ3n) is 5.83. The molecule has 2 unspecified atom stereocenters. The summed E-state index contributed by atoms with van der Waals surface area (Å²) in [5, 5.41) is 0. The fourth-order valence-electron chi connectivity index (χ4n) is 4.84. The van der Waals surface area contributed by atoms with Gasteiger partial charge in [0.25, 0.3) is 0 Å². The number of carbonyl (C=O) groups excluding carboxylic acids is 1. The number of aryl methyl sites for hydroxylation is 1. The Morgan fingerprint density at radius 1 is 1.35 bits per heavy atom. The van der Waals surface area contributed by atoms with Crippen LogP contribution in [0, 0.1) is 11.3 Å². The fraction of sp³-hybridized carbons (Fsp3) is 0.526. The molecule has 2 bridgehead atoms. The molecule has 104 valence electrons. The highest BCUT2D eigenvalue weighted by atomic mass is 16.1. The maximum Gasteiger partial charge on any atom is 0.169 e. The summed E-state index contributed by atoms with van der Waals surface area (Å²) < 4.78 is 0. The van der Waals surface area contributed by atoms with Gasteiger partial charge in [-0.2, -0.15) is 0 Å². The number of hydrogen-bond donors (Lipinski definition) is 0. The van der Waals surface area contributed by atoms with Gasteiger partial charge in [0.05, 0.1) is 0 Å². The zero-order chi connectivity index (χ0) is 13.7. The highest BCUT2D eigenvalue weighted by Crippen LogP contribution is 2.58. The van der Waals surface area contributed by atoms with Crippen LogP contribution >= 0.6 is 0 Å². The molecule has 1 nitrogen and oxygen atoms in total. The van der Waals surface area contributed by atoms with Gasteiger partial charge in [0.1, 0.15) is 0 Å². The SMILES string of the molecule is CCCc1cccc2c1CCC1(CC3=CCC1C3)C2=O. The maximum absolute atomic E-state index is 13.2. The lowest BCUT2D eigenvalue weighted by Crippen LogP contribution is -2.40. The lowest BCUT2D eigenvalue weighted by Gasteiger charge is -2.39. The van der Waals surface area contributed by atoms with Crippen LogP contribution < -0.4 is 0 Å². The molecule has 0 saturated heterocycles. The summed E-state index contributed by atoms with van der Waals surface area (Å²) in [6.07, 6.45) is 10.2. The number of rotatable bonds is 2. The van der Waals surface area contributed by atoms with Crippen LogP contribution in [0.3, 0.4) is 0 Å². The van der Waals surface area contributed by atoms with Crippen molar-refractivity contribution in [3.05, 3.63) is 46.5 Å². The second-order valence-electron chi connectivity index (χ2n) is 6.85. The van der Waals surface area contributed by atoms with E-state index in [0.29, 0.717) is 11.7 Å². The third-order valence-corrected chi connectivity index (χ3v) is 5.83. The van der Waals surface area contributed by atoms with Crippen LogP contribution in [0.25, 0.3) is 0 Å². The summed E-state index contributed by atoms with van der Waals surface area (Å²) in [4.78, 5) is 13.2. The molecule has 3 aliphatic carbocycles. The average Bonchev–Trinajstić information content (AvgIpc) is 3.05. The Labute approximate surface area is 121 Å². The van der Waals surface area contributed by atoms with E-state index in [2.05, 4.69) is 31.2 Å². The molecule has 4 rings (SSSR count). The monoisotopic (exact) mass is 266 g/mol. The lowest BCUT2D eigenvalue weighted by molar-refractivity contribution is 0.0670. The molecule has 1 aromatic rings. The van der Waals surface area contributed by atoms with Crippen molar-refractivity contribution in [2.75, 3.05) is 0 Å². The molecule has 0 radical (unpaired) electrons. The van der Waals surface area contributed by atoms with E-state index in [9.17, 15) is 4.79 Å². The zero-order valence-corrected chi connectivity index (χ0v) is 12.2. The first-order valence-corrected chi connectivity index (χ1v) is 8.08. The lowest BCUT2D eigenvalue weighted by atomic mass is 9.62. The zero-order valence-electron chi connectivity index (χ0n) is 12.2. The van der Waals surface area contributed by atoms with Crippen LogP contribution in [0.5, 0.6) is 0 Å². The summed E-state index contributed by atoms with van der Waals surface area (Å²) in [7, 11) is 0. The molecule has 1 saturated carbocycles. The summed E-state index contributed by atoms with van der Waals surface area (Å²) >= 11 is 0. The van der Waals surface area contributed by atoms with Crippen molar-refractivity contribution in [1.82, 2.24) is 0 Å². The average molecular weight is 266 g/mol. The van der Waals surface area contributed by atoms with Crippen LogP contribution in [0.2, 0.25) is 0 Å². The topological polar surface area (TPSA) is 17.1 Å². The van der Waals surface area contributed by atoms with Crippen molar-refractivity contribution in [3.8, 4) is 0 Å². The molecule has 0 aromatic heterocycles. The van der Waals surface area contributed by atoms with Gasteiger partial charge in [-0.15, -0.1) is 0 Å². The predicted octanol–water partition coefficient (Wildman–Crippen LogP) is 4.49. The van der Waals surface area contributed by atoms with Crippen molar-refractivity contribution in [1.29, 1.82) is 0 Å². The molecule has 0 heterocycles. The summed E-state index contributed by atoms with van der Waals surface area (Å²) in [6, 6.07) is 6.39. The Balaban J connectivity index is 1.77. The van der Waals surface area contributed by atoms with Gasteiger partial charge in [-0.1, -0.05) is 43.2 Å². The van der Waals surface area contributed by atoms with Gasteiger partial charge in [-0.3, -0.25) is 4.79 Å². The van der Waals surface area contributed by atoms with Gasteiger partial charge in [-0.05, 0) is 55.6 Å². The van der Waals surface area contributed by atoms with Gasteiger partial charge in [0.2, 0.25) is 0 Å². The molecule has 20 heavy (non-hydrogen) atoms. The minimum atomic E-state index is -0.0259. The molecule has 0 amide bonds. The van der Waals surface area contributed by atoms with E-state index in [1.165, 1.54) is 17.5 Å². The summed E-state index contributed by atoms with van der Waals surface area (Å²) in [5.74, 6) is 1.07. The first-order valence-electron chi connectivity index (χ1n) is 8.08. The Morgan fingerprint density at radius 3 is 2.95 bits per heavy atom. The van der Waals surface area contributed by atoms with Crippen LogP contribution in [-0.2, 0) is 12.8 Å². The molecular formula is C19H22O. The standard InChI is InChI=1S/C19H22O/c1-2-4-14-5-3-6-17-16(14)9-10-19(18(17)20)12-13-7-8-15(19)11-13/h3,5-7,15H,2,4,8-12H2,1H3. The normalized spacial score (nSPS) is 30.8. The first-order chi connectivity index (χ1) is 9.74. The largest absolute Gasteiger partial charge is 0.294 e. The molecule has 1 aromatic carbocycles. The van der Waals surface area contributed by atoms with Crippen LogP contribution in [-0.4, -0.2) is 5.78 Å². The summed E-state index contributed by atoms with van der Waals surface area (Å²) in [5.41, 5.74) is 5.35. The van der Waals surface area contributed by atoms with Gasteiger partial charge in [0, 0.05) is 11.0 Å². The Kier molecular flexibility index (Phi) is 2.67. The van der Waals surface area contributed by atoms with Crippen LogP contribution in [0.1, 0.15) is 60.5 Å². The minimum absolute atomic E-state index is 0.0259. The quantitative estimate of drug-likeness (QED) is 0.721. The van der Waals surface area contributed by atoms with E-state index < -0.39 is 0 Å². The number of benzene rings is 1. The van der Waals surface area contributed by atoms with Crippen LogP contribution in [0.15, 0.2) is 29.8 Å². The molecule has 0 N–H and O–H groups in total. The molecule has 1 heteroatoms. The second kappa shape index (κ2) is 4.31. The van der Waals surface area contributed by atoms with Crippen molar-refractivity contribution < 1.29 is 4.79 Å².